The molecule has 10 heteroatoms. The third-order valence-corrected chi connectivity index (χ3v) is 5.61. The standard InChI is InChI=1S/C20H25FN6O3/c1-5-30-18(28)12-10-22-26(11-12)19-23-14-15(17(24-19)29-4)27(25-16(14)21)13-6-8-20(2,3)9-7-13/h10-11,13H,5-9H2,1-4H3. The molecule has 30 heavy (non-hydrogen) atoms. The van der Waals surface area contributed by atoms with Crippen molar-refractivity contribution in [2.24, 2.45) is 5.41 Å². The third kappa shape index (κ3) is 3.61. The Balaban J connectivity index is 1.74. The van der Waals surface area contributed by atoms with E-state index in [2.05, 4.69) is 34.0 Å². The quantitative estimate of drug-likeness (QED) is 0.588. The van der Waals surface area contributed by atoms with E-state index in [1.165, 1.54) is 24.2 Å². The molecule has 1 fully saturated rings. The Morgan fingerprint density at radius 1 is 1.30 bits per heavy atom. The maximum atomic E-state index is 14.8. The molecule has 1 aliphatic carbocycles. The Morgan fingerprint density at radius 2 is 2.03 bits per heavy atom. The summed E-state index contributed by atoms with van der Waals surface area (Å²) in [7, 11) is 1.47. The predicted octanol–water partition coefficient (Wildman–Crippen LogP) is 3.48. The first-order chi connectivity index (χ1) is 14.3. The number of aromatic nitrogens is 6. The number of hydrogen-bond acceptors (Lipinski definition) is 7. The van der Waals surface area contributed by atoms with Gasteiger partial charge in [0.05, 0.1) is 31.5 Å². The number of carbonyl (C=O) groups excluding carboxylic acids is 1. The zero-order chi connectivity index (χ0) is 21.5. The summed E-state index contributed by atoms with van der Waals surface area (Å²) in [6.07, 6.45) is 6.65. The maximum absolute atomic E-state index is 14.8. The van der Waals surface area contributed by atoms with Crippen LogP contribution in [-0.2, 0) is 4.74 Å². The maximum Gasteiger partial charge on any atom is 0.341 e. The van der Waals surface area contributed by atoms with Gasteiger partial charge in [0.25, 0.3) is 11.9 Å². The van der Waals surface area contributed by atoms with E-state index in [0.717, 1.165) is 25.7 Å². The number of nitrogens with zero attached hydrogens (tertiary/aromatic N) is 6. The van der Waals surface area contributed by atoms with Crippen molar-refractivity contribution in [2.45, 2.75) is 52.5 Å². The summed E-state index contributed by atoms with van der Waals surface area (Å²) in [5.74, 6) is -0.895. The van der Waals surface area contributed by atoms with Crippen molar-refractivity contribution in [3.05, 3.63) is 23.9 Å². The molecular weight excluding hydrogens is 391 g/mol. The van der Waals surface area contributed by atoms with Gasteiger partial charge >= 0.3 is 5.97 Å². The SMILES string of the molecule is CCOC(=O)c1cnn(-c2nc(OC)c3c(n2)c(F)nn3C2CCC(C)(C)CC2)c1. The summed E-state index contributed by atoms with van der Waals surface area (Å²) in [6.45, 7) is 6.46. The molecule has 160 valence electrons. The van der Waals surface area contributed by atoms with Crippen molar-refractivity contribution < 1.29 is 18.7 Å². The average molecular weight is 416 g/mol. The van der Waals surface area contributed by atoms with E-state index in [9.17, 15) is 9.18 Å². The van der Waals surface area contributed by atoms with Crippen LogP contribution in [0.25, 0.3) is 17.0 Å². The van der Waals surface area contributed by atoms with Crippen molar-refractivity contribution in [1.29, 1.82) is 0 Å². The molecule has 4 rings (SSSR count). The van der Waals surface area contributed by atoms with Gasteiger partial charge in [-0.1, -0.05) is 13.8 Å². The van der Waals surface area contributed by atoms with E-state index in [1.54, 1.807) is 11.6 Å². The fourth-order valence-electron chi connectivity index (χ4n) is 3.85. The lowest BCUT2D eigenvalue weighted by atomic mass is 9.75. The minimum absolute atomic E-state index is 0.0634. The van der Waals surface area contributed by atoms with Crippen LogP contribution in [0.2, 0.25) is 0 Å². The Morgan fingerprint density at radius 3 is 2.70 bits per heavy atom. The van der Waals surface area contributed by atoms with Crippen molar-refractivity contribution >= 4 is 17.0 Å². The van der Waals surface area contributed by atoms with Crippen molar-refractivity contribution in [3.8, 4) is 11.8 Å². The number of rotatable bonds is 5. The Hall–Kier alpha value is -3.04. The highest BCUT2D eigenvalue weighted by Crippen LogP contribution is 2.41. The van der Waals surface area contributed by atoms with Crippen molar-refractivity contribution in [1.82, 2.24) is 29.5 Å². The van der Waals surface area contributed by atoms with Gasteiger partial charge in [-0.05, 0) is 38.0 Å². The number of carbonyl (C=O) groups is 1. The molecule has 0 unspecified atom stereocenters. The molecule has 0 aromatic carbocycles. The number of fused-ring (bicyclic) bond motifs is 1. The fourth-order valence-corrected chi connectivity index (χ4v) is 3.85. The monoisotopic (exact) mass is 416 g/mol. The summed E-state index contributed by atoms with van der Waals surface area (Å²) in [5.41, 5.74) is 1.03. The predicted molar refractivity (Wildman–Crippen MR) is 106 cm³/mol. The van der Waals surface area contributed by atoms with Crippen LogP contribution in [-0.4, -0.2) is 49.2 Å². The van der Waals surface area contributed by atoms with Crippen LogP contribution in [0.4, 0.5) is 4.39 Å². The van der Waals surface area contributed by atoms with Crippen molar-refractivity contribution in [2.75, 3.05) is 13.7 Å². The highest BCUT2D eigenvalue weighted by molar-refractivity contribution is 5.88. The van der Waals surface area contributed by atoms with Crippen LogP contribution in [0.1, 0.15) is 62.9 Å². The average Bonchev–Trinajstić information content (AvgIpc) is 3.33. The molecule has 9 nitrogen and oxygen atoms in total. The first-order valence-electron chi connectivity index (χ1n) is 10.0. The van der Waals surface area contributed by atoms with Gasteiger partial charge in [-0.3, -0.25) is 4.68 Å². The molecule has 0 aliphatic heterocycles. The summed E-state index contributed by atoms with van der Waals surface area (Å²) >= 11 is 0. The van der Waals surface area contributed by atoms with Gasteiger partial charge in [0.15, 0.2) is 11.0 Å². The van der Waals surface area contributed by atoms with Crippen LogP contribution in [0.3, 0.4) is 0 Å². The molecule has 0 N–H and O–H groups in total. The molecule has 0 bridgehead atoms. The zero-order valence-corrected chi connectivity index (χ0v) is 17.6. The van der Waals surface area contributed by atoms with Gasteiger partial charge in [-0.2, -0.15) is 14.5 Å². The minimum Gasteiger partial charge on any atom is -0.479 e. The van der Waals surface area contributed by atoms with Gasteiger partial charge in [-0.25, -0.2) is 14.5 Å². The lowest BCUT2D eigenvalue weighted by Crippen LogP contribution is -2.24. The van der Waals surface area contributed by atoms with Gasteiger partial charge in [0.1, 0.15) is 0 Å². The molecule has 3 heterocycles. The molecule has 0 amide bonds. The number of ether oxygens (including phenoxy) is 2. The Bertz CT molecular complexity index is 1080. The molecule has 0 atom stereocenters. The van der Waals surface area contributed by atoms with E-state index in [0.29, 0.717) is 5.52 Å². The topological polar surface area (TPSA) is 96.9 Å². The number of halogens is 1. The molecule has 0 radical (unpaired) electrons. The molecule has 1 aliphatic rings. The second-order valence-electron chi connectivity index (χ2n) is 8.25. The summed E-state index contributed by atoms with van der Waals surface area (Å²) in [6, 6.07) is 0.0634. The van der Waals surface area contributed by atoms with E-state index in [4.69, 9.17) is 9.47 Å². The second kappa shape index (κ2) is 7.66. The minimum atomic E-state index is -0.686. The first kappa shape index (κ1) is 20.2. The van der Waals surface area contributed by atoms with E-state index >= 15 is 0 Å². The van der Waals surface area contributed by atoms with Crippen LogP contribution >= 0.6 is 0 Å². The van der Waals surface area contributed by atoms with E-state index in [1.807, 2.05) is 0 Å². The summed E-state index contributed by atoms with van der Waals surface area (Å²) < 4.78 is 28.1. The largest absolute Gasteiger partial charge is 0.479 e. The molecule has 0 spiro atoms. The molecule has 3 aromatic rings. The highest BCUT2D eigenvalue weighted by atomic mass is 19.1. The van der Waals surface area contributed by atoms with Crippen LogP contribution in [0.15, 0.2) is 12.4 Å². The lowest BCUT2D eigenvalue weighted by molar-refractivity contribution is 0.0526. The molecule has 1 saturated carbocycles. The van der Waals surface area contributed by atoms with Gasteiger partial charge < -0.3 is 9.47 Å². The normalized spacial score (nSPS) is 16.7. The van der Waals surface area contributed by atoms with E-state index in [-0.39, 0.29) is 41.0 Å². The van der Waals surface area contributed by atoms with Gasteiger partial charge in [0, 0.05) is 6.20 Å². The Kier molecular flexibility index (Phi) is 5.17. The fraction of sp³-hybridized carbons (Fsp3) is 0.550. The van der Waals surface area contributed by atoms with Gasteiger partial charge in [-0.15, -0.1) is 5.10 Å². The highest BCUT2D eigenvalue weighted by Gasteiger charge is 2.31. The molecular formula is C20H25FN6O3. The smallest absolute Gasteiger partial charge is 0.341 e. The lowest BCUT2D eigenvalue weighted by Gasteiger charge is -2.34. The Labute approximate surface area is 173 Å². The van der Waals surface area contributed by atoms with Crippen LogP contribution < -0.4 is 4.74 Å². The summed E-state index contributed by atoms with van der Waals surface area (Å²) in [4.78, 5) is 20.6. The number of hydrogen-bond donors (Lipinski definition) is 0. The van der Waals surface area contributed by atoms with Crippen molar-refractivity contribution in [3.63, 3.8) is 0 Å². The van der Waals surface area contributed by atoms with E-state index < -0.39 is 11.9 Å². The zero-order valence-electron chi connectivity index (χ0n) is 17.6. The number of esters is 1. The molecule has 0 saturated heterocycles. The third-order valence-electron chi connectivity index (χ3n) is 5.61. The van der Waals surface area contributed by atoms with Crippen LogP contribution in [0.5, 0.6) is 5.88 Å². The second-order valence-corrected chi connectivity index (χ2v) is 8.25. The van der Waals surface area contributed by atoms with Gasteiger partial charge in [0.2, 0.25) is 5.88 Å². The summed E-state index contributed by atoms with van der Waals surface area (Å²) in [5, 5.41) is 8.23. The number of methoxy groups -OCH3 is 1. The molecule has 3 aromatic heterocycles. The first-order valence-corrected chi connectivity index (χ1v) is 10.0. The van der Waals surface area contributed by atoms with Crippen LogP contribution in [0, 0.1) is 11.4 Å².